The van der Waals surface area contributed by atoms with Crippen LogP contribution in [-0.4, -0.2) is 35.0 Å². The second-order valence-electron chi connectivity index (χ2n) is 6.07. The Kier molecular flexibility index (Phi) is 6.71. The summed E-state index contributed by atoms with van der Waals surface area (Å²) in [6.45, 7) is 2.38. The molecule has 0 bridgehead atoms. The van der Waals surface area contributed by atoms with E-state index < -0.39 is 0 Å². The van der Waals surface area contributed by atoms with E-state index in [1.165, 1.54) is 11.8 Å². The van der Waals surface area contributed by atoms with Crippen LogP contribution in [0, 0.1) is 0 Å². The van der Waals surface area contributed by atoms with Crippen molar-refractivity contribution in [3.63, 3.8) is 0 Å². The molecule has 0 aliphatic rings. The summed E-state index contributed by atoms with van der Waals surface area (Å²) in [6, 6.07) is 14.5. The maximum Gasteiger partial charge on any atom is 0.306 e. The third-order valence-electron chi connectivity index (χ3n) is 4.06. The van der Waals surface area contributed by atoms with Gasteiger partial charge < -0.3 is 9.47 Å². The smallest absolute Gasteiger partial charge is 0.306 e. The van der Waals surface area contributed by atoms with Crippen molar-refractivity contribution in [1.29, 1.82) is 0 Å². The molecular formula is C21H22N2O4S. The van der Waals surface area contributed by atoms with Gasteiger partial charge in [-0.2, -0.15) is 0 Å². The molecule has 0 saturated carbocycles. The van der Waals surface area contributed by atoms with Gasteiger partial charge in [-0.1, -0.05) is 36.9 Å². The highest BCUT2D eigenvalue weighted by molar-refractivity contribution is 7.99. The summed E-state index contributed by atoms with van der Waals surface area (Å²) >= 11 is 1.36. The average molecular weight is 398 g/mol. The topological polar surface area (TPSA) is 70.4 Å². The Balaban J connectivity index is 1.97. The second-order valence-corrected chi connectivity index (χ2v) is 7.13. The number of nitrogens with zero attached hydrogens (tertiary/aromatic N) is 2. The first-order valence-corrected chi connectivity index (χ1v) is 10.1. The molecule has 0 radical (unpaired) electrons. The predicted molar refractivity (Wildman–Crippen MR) is 110 cm³/mol. The second kappa shape index (κ2) is 9.41. The van der Waals surface area contributed by atoms with E-state index in [1.807, 2.05) is 43.3 Å². The lowest BCUT2D eigenvalue weighted by molar-refractivity contribution is -0.143. The summed E-state index contributed by atoms with van der Waals surface area (Å²) in [5.41, 5.74) is 1.14. The number of hydrogen-bond acceptors (Lipinski definition) is 6. The first-order chi connectivity index (χ1) is 13.6. The van der Waals surface area contributed by atoms with E-state index in [1.54, 1.807) is 23.8 Å². The fourth-order valence-corrected chi connectivity index (χ4v) is 3.63. The van der Waals surface area contributed by atoms with Crippen LogP contribution in [0.5, 0.6) is 5.75 Å². The summed E-state index contributed by atoms with van der Waals surface area (Å²) in [4.78, 5) is 29.6. The predicted octanol–water partition coefficient (Wildman–Crippen LogP) is 3.83. The molecule has 7 heteroatoms. The van der Waals surface area contributed by atoms with Gasteiger partial charge in [0.25, 0.3) is 5.56 Å². The number of carbonyl (C=O) groups is 1. The van der Waals surface area contributed by atoms with E-state index in [2.05, 4.69) is 4.98 Å². The van der Waals surface area contributed by atoms with Crippen molar-refractivity contribution in [2.24, 2.45) is 0 Å². The van der Waals surface area contributed by atoms with Gasteiger partial charge in [0.05, 0.1) is 36.7 Å². The number of hydrogen-bond donors (Lipinski definition) is 0. The molecule has 3 rings (SSSR count). The monoisotopic (exact) mass is 398 g/mol. The van der Waals surface area contributed by atoms with Crippen LogP contribution in [0.15, 0.2) is 58.5 Å². The Hall–Kier alpha value is -2.80. The van der Waals surface area contributed by atoms with Crippen LogP contribution in [0.3, 0.4) is 0 Å². The molecule has 146 valence electrons. The first kappa shape index (κ1) is 19.9. The number of para-hydroxylation sites is 1. The van der Waals surface area contributed by atoms with E-state index in [0.717, 1.165) is 6.42 Å². The number of thioether (sulfide) groups is 1. The van der Waals surface area contributed by atoms with Crippen LogP contribution in [0.2, 0.25) is 0 Å². The molecule has 0 aliphatic heterocycles. The number of ether oxygens (including phenoxy) is 2. The van der Waals surface area contributed by atoms with Gasteiger partial charge in [0.15, 0.2) is 5.16 Å². The minimum Gasteiger partial charge on any atom is -0.497 e. The molecule has 0 spiro atoms. The van der Waals surface area contributed by atoms with Gasteiger partial charge in [-0.05, 0) is 30.7 Å². The summed E-state index contributed by atoms with van der Waals surface area (Å²) in [5, 5.41) is 1.07. The molecule has 3 aromatic rings. The summed E-state index contributed by atoms with van der Waals surface area (Å²) in [6.07, 6.45) is 1.05. The molecule has 0 atom stereocenters. The Bertz CT molecular complexity index is 1030. The highest BCUT2D eigenvalue weighted by Crippen LogP contribution is 2.24. The number of methoxy groups -OCH3 is 1. The third kappa shape index (κ3) is 4.54. The van der Waals surface area contributed by atoms with Gasteiger partial charge in [-0.3, -0.25) is 14.2 Å². The zero-order valence-corrected chi connectivity index (χ0v) is 16.7. The lowest BCUT2D eigenvalue weighted by atomic mass is 10.2. The molecule has 2 aromatic carbocycles. The SMILES string of the molecule is CCCOC(=O)CCSc1nc2ccccc2c(=O)n1-c1cccc(OC)c1. The average Bonchev–Trinajstić information content (AvgIpc) is 2.72. The maximum atomic E-state index is 13.2. The van der Waals surface area contributed by atoms with Gasteiger partial charge in [0, 0.05) is 11.8 Å². The fourth-order valence-electron chi connectivity index (χ4n) is 2.70. The molecule has 0 unspecified atom stereocenters. The molecule has 1 heterocycles. The van der Waals surface area contributed by atoms with Crippen LogP contribution in [-0.2, 0) is 9.53 Å². The highest BCUT2D eigenvalue weighted by atomic mass is 32.2. The number of benzene rings is 2. The van der Waals surface area contributed by atoms with E-state index >= 15 is 0 Å². The van der Waals surface area contributed by atoms with Crippen LogP contribution in [0.4, 0.5) is 0 Å². The molecule has 6 nitrogen and oxygen atoms in total. The molecular weight excluding hydrogens is 376 g/mol. The molecule has 1 aromatic heterocycles. The van der Waals surface area contributed by atoms with Gasteiger partial charge >= 0.3 is 5.97 Å². The first-order valence-electron chi connectivity index (χ1n) is 9.08. The third-order valence-corrected chi connectivity index (χ3v) is 5.00. The van der Waals surface area contributed by atoms with Crippen molar-refractivity contribution >= 4 is 28.6 Å². The zero-order chi connectivity index (χ0) is 19.9. The zero-order valence-electron chi connectivity index (χ0n) is 15.9. The summed E-state index contributed by atoms with van der Waals surface area (Å²) in [7, 11) is 1.58. The van der Waals surface area contributed by atoms with Gasteiger partial charge in [0.1, 0.15) is 5.75 Å². The number of fused-ring (bicyclic) bond motifs is 1. The van der Waals surface area contributed by atoms with Crippen LogP contribution in [0.25, 0.3) is 16.6 Å². The van der Waals surface area contributed by atoms with Crippen molar-refractivity contribution in [2.45, 2.75) is 24.9 Å². The normalized spacial score (nSPS) is 10.8. The van der Waals surface area contributed by atoms with Gasteiger partial charge in [-0.25, -0.2) is 4.98 Å². The Morgan fingerprint density at radius 3 is 2.79 bits per heavy atom. The lowest BCUT2D eigenvalue weighted by Gasteiger charge is -2.14. The fraction of sp³-hybridized carbons (Fsp3) is 0.286. The summed E-state index contributed by atoms with van der Waals surface area (Å²) in [5.74, 6) is 0.874. The molecule has 0 amide bonds. The highest BCUT2D eigenvalue weighted by Gasteiger charge is 2.14. The number of carbonyl (C=O) groups excluding carboxylic acids is 1. The van der Waals surface area contributed by atoms with Crippen LogP contribution in [0.1, 0.15) is 19.8 Å². The maximum absolute atomic E-state index is 13.2. The van der Waals surface area contributed by atoms with E-state index in [4.69, 9.17) is 9.47 Å². The van der Waals surface area contributed by atoms with E-state index in [-0.39, 0.29) is 17.9 Å². The van der Waals surface area contributed by atoms with Crippen molar-refractivity contribution in [3.05, 3.63) is 58.9 Å². The van der Waals surface area contributed by atoms with Crippen LogP contribution >= 0.6 is 11.8 Å². The Morgan fingerprint density at radius 1 is 1.18 bits per heavy atom. The van der Waals surface area contributed by atoms with Crippen LogP contribution < -0.4 is 10.3 Å². The molecule has 0 fully saturated rings. The quantitative estimate of drug-likeness (QED) is 0.326. The van der Waals surface area contributed by atoms with E-state index in [0.29, 0.717) is 39.9 Å². The van der Waals surface area contributed by atoms with Crippen molar-refractivity contribution < 1.29 is 14.3 Å². The van der Waals surface area contributed by atoms with Crippen molar-refractivity contribution in [1.82, 2.24) is 9.55 Å². The summed E-state index contributed by atoms with van der Waals surface area (Å²) < 4.78 is 12.0. The largest absolute Gasteiger partial charge is 0.497 e. The standard InChI is InChI=1S/C21H22N2O4S/c1-3-12-27-19(24)11-13-28-21-22-18-10-5-4-9-17(18)20(25)23(21)15-7-6-8-16(14-15)26-2/h4-10,14H,3,11-13H2,1-2H3. The molecule has 0 saturated heterocycles. The van der Waals surface area contributed by atoms with Crippen molar-refractivity contribution in [2.75, 3.05) is 19.5 Å². The molecule has 0 aliphatic carbocycles. The number of esters is 1. The number of aromatic nitrogens is 2. The lowest BCUT2D eigenvalue weighted by Crippen LogP contribution is -2.22. The van der Waals surface area contributed by atoms with E-state index in [9.17, 15) is 9.59 Å². The minimum absolute atomic E-state index is 0.157. The molecule has 0 N–H and O–H groups in total. The minimum atomic E-state index is -0.245. The Labute approximate surface area is 167 Å². The number of rotatable bonds is 8. The Morgan fingerprint density at radius 2 is 2.00 bits per heavy atom. The molecule has 28 heavy (non-hydrogen) atoms. The van der Waals surface area contributed by atoms with Gasteiger partial charge in [0.2, 0.25) is 0 Å². The van der Waals surface area contributed by atoms with Crippen molar-refractivity contribution in [3.8, 4) is 11.4 Å². The van der Waals surface area contributed by atoms with Gasteiger partial charge in [-0.15, -0.1) is 0 Å².